The maximum absolute atomic E-state index is 12.0. The molecular weight excluding hydrogens is 200 g/mol. The molecule has 96 valence electrons. The van der Waals surface area contributed by atoms with Gasteiger partial charge in [-0.3, -0.25) is 4.79 Å². The van der Waals surface area contributed by atoms with Crippen LogP contribution in [0.4, 0.5) is 0 Å². The molecule has 0 rings (SSSR count). The van der Waals surface area contributed by atoms with Crippen LogP contribution in [0.2, 0.25) is 0 Å². The number of rotatable bonds is 4. The molecule has 0 fully saturated rings. The van der Waals surface area contributed by atoms with E-state index in [1.807, 2.05) is 13.8 Å². The van der Waals surface area contributed by atoms with Crippen molar-refractivity contribution in [1.82, 2.24) is 10.6 Å². The lowest BCUT2D eigenvalue weighted by Gasteiger charge is -2.36. The van der Waals surface area contributed by atoms with Gasteiger partial charge in [0.25, 0.3) is 0 Å². The third-order valence-electron chi connectivity index (χ3n) is 2.62. The van der Waals surface area contributed by atoms with Crippen LogP contribution in [0.15, 0.2) is 0 Å². The Morgan fingerprint density at radius 1 is 1.00 bits per heavy atom. The predicted octanol–water partition coefficient (Wildman–Crippen LogP) is 2.32. The molecule has 0 aromatic rings. The highest BCUT2D eigenvalue weighted by Crippen LogP contribution is 2.27. The number of amides is 1. The molecule has 0 spiro atoms. The van der Waals surface area contributed by atoms with Crippen molar-refractivity contribution < 1.29 is 4.79 Å². The van der Waals surface area contributed by atoms with Crippen molar-refractivity contribution in [3.05, 3.63) is 0 Å². The fourth-order valence-electron chi connectivity index (χ4n) is 1.95. The summed E-state index contributed by atoms with van der Waals surface area (Å²) in [6.07, 6.45) is 0.950. The second-order valence-corrected chi connectivity index (χ2v) is 6.95. The zero-order valence-electron chi connectivity index (χ0n) is 12.1. The second kappa shape index (κ2) is 4.74. The molecule has 0 aliphatic rings. The molecule has 2 N–H and O–H groups in total. The monoisotopic (exact) mass is 228 g/mol. The van der Waals surface area contributed by atoms with E-state index in [1.54, 1.807) is 7.05 Å². The van der Waals surface area contributed by atoms with Gasteiger partial charge in [-0.15, -0.1) is 0 Å². The molecule has 16 heavy (non-hydrogen) atoms. The van der Waals surface area contributed by atoms with E-state index in [0.29, 0.717) is 0 Å². The summed E-state index contributed by atoms with van der Waals surface area (Å²) < 4.78 is 0. The van der Waals surface area contributed by atoms with Gasteiger partial charge in [-0.05, 0) is 46.6 Å². The average molecular weight is 228 g/mol. The van der Waals surface area contributed by atoms with E-state index in [9.17, 15) is 4.79 Å². The van der Waals surface area contributed by atoms with E-state index in [1.165, 1.54) is 0 Å². The van der Waals surface area contributed by atoms with Crippen molar-refractivity contribution in [2.24, 2.45) is 5.41 Å². The van der Waals surface area contributed by atoms with Gasteiger partial charge in [0, 0.05) is 5.54 Å². The van der Waals surface area contributed by atoms with Gasteiger partial charge in [0.05, 0.1) is 5.54 Å². The third kappa shape index (κ3) is 5.50. The van der Waals surface area contributed by atoms with Crippen molar-refractivity contribution in [3.8, 4) is 0 Å². The highest BCUT2D eigenvalue weighted by Gasteiger charge is 2.32. The lowest BCUT2D eigenvalue weighted by Crippen LogP contribution is -2.57. The van der Waals surface area contributed by atoms with E-state index in [4.69, 9.17) is 0 Å². The number of nitrogens with one attached hydrogen (secondary N) is 2. The molecule has 0 unspecified atom stereocenters. The van der Waals surface area contributed by atoms with Crippen molar-refractivity contribution in [1.29, 1.82) is 0 Å². The van der Waals surface area contributed by atoms with Gasteiger partial charge in [0.1, 0.15) is 0 Å². The molecule has 0 aromatic heterocycles. The maximum atomic E-state index is 12.0. The van der Waals surface area contributed by atoms with Crippen LogP contribution in [0.3, 0.4) is 0 Å². The molecule has 0 radical (unpaired) electrons. The summed E-state index contributed by atoms with van der Waals surface area (Å²) in [4.78, 5) is 12.0. The highest BCUT2D eigenvalue weighted by molar-refractivity contribution is 5.85. The van der Waals surface area contributed by atoms with E-state index in [2.05, 4.69) is 45.3 Å². The fraction of sp³-hybridized carbons (Fsp3) is 0.923. The topological polar surface area (TPSA) is 41.1 Å². The maximum Gasteiger partial charge on any atom is 0.240 e. The number of hydrogen-bond acceptors (Lipinski definition) is 2. The van der Waals surface area contributed by atoms with Crippen molar-refractivity contribution in [2.75, 3.05) is 7.05 Å². The van der Waals surface area contributed by atoms with Gasteiger partial charge in [-0.1, -0.05) is 20.8 Å². The van der Waals surface area contributed by atoms with Gasteiger partial charge in [-0.25, -0.2) is 0 Å². The Morgan fingerprint density at radius 2 is 1.44 bits per heavy atom. The molecule has 3 heteroatoms. The number of carbonyl (C=O) groups excluding carboxylic acids is 1. The van der Waals surface area contributed by atoms with Crippen LogP contribution in [-0.4, -0.2) is 24.0 Å². The van der Waals surface area contributed by atoms with E-state index in [-0.39, 0.29) is 16.9 Å². The first-order chi connectivity index (χ1) is 6.90. The van der Waals surface area contributed by atoms with Crippen LogP contribution in [-0.2, 0) is 4.79 Å². The van der Waals surface area contributed by atoms with Crippen molar-refractivity contribution in [2.45, 2.75) is 66.0 Å². The zero-order valence-corrected chi connectivity index (χ0v) is 12.1. The summed E-state index contributed by atoms with van der Waals surface area (Å²) in [6, 6.07) is 0. The summed E-state index contributed by atoms with van der Waals surface area (Å²) in [6.45, 7) is 14.5. The van der Waals surface area contributed by atoms with E-state index >= 15 is 0 Å². The Labute approximate surface area is 100 Å². The molecule has 3 nitrogen and oxygen atoms in total. The quantitative estimate of drug-likeness (QED) is 0.775. The van der Waals surface area contributed by atoms with Crippen LogP contribution < -0.4 is 10.6 Å². The largest absolute Gasteiger partial charge is 0.350 e. The number of likely N-dealkylation sites (N-methyl/N-ethyl adjacent to an activating group) is 1. The minimum atomic E-state index is -0.519. The number of carbonyl (C=O) groups is 1. The van der Waals surface area contributed by atoms with Crippen LogP contribution in [0.5, 0.6) is 0 Å². The van der Waals surface area contributed by atoms with Gasteiger partial charge in [0.2, 0.25) is 5.91 Å². The van der Waals surface area contributed by atoms with Gasteiger partial charge in [-0.2, -0.15) is 0 Å². The van der Waals surface area contributed by atoms with Gasteiger partial charge < -0.3 is 10.6 Å². The normalized spacial score (nSPS) is 13.8. The van der Waals surface area contributed by atoms with Crippen LogP contribution in [0.25, 0.3) is 0 Å². The third-order valence-corrected chi connectivity index (χ3v) is 2.62. The van der Waals surface area contributed by atoms with Crippen molar-refractivity contribution in [3.63, 3.8) is 0 Å². The van der Waals surface area contributed by atoms with Crippen LogP contribution in [0, 0.1) is 5.41 Å². The first-order valence-electron chi connectivity index (χ1n) is 5.91. The lowest BCUT2D eigenvalue weighted by molar-refractivity contribution is -0.128. The van der Waals surface area contributed by atoms with E-state index in [0.717, 1.165) is 6.42 Å². The predicted molar refractivity (Wildman–Crippen MR) is 69.4 cm³/mol. The van der Waals surface area contributed by atoms with Gasteiger partial charge in [0.15, 0.2) is 0 Å². The van der Waals surface area contributed by atoms with Gasteiger partial charge >= 0.3 is 0 Å². The first-order valence-corrected chi connectivity index (χ1v) is 5.91. The summed E-state index contributed by atoms with van der Waals surface area (Å²) in [5.74, 6) is 0.0456. The second-order valence-electron chi connectivity index (χ2n) is 6.95. The smallest absolute Gasteiger partial charge is 0.240 e. The Bertz CT molecular complexity index is 249. The summed E-state index contributed by atoms with van der Waals surface area (Å²) >= 11 is 0. The van der Waals surface area contributed by atoms with Crippen molar-refractivity contribution >= 4 is 5.91 Å². The Kier molecular flexibility index (Phi) is 4.57. The average Bonchev–Trinajstić information content (AvgIpc) is 1.98. The fourth-order valence-corrected chi connectivity index (χ4v) is 1.95. The molecule has 0 aromatic carbocycles. The standard InChI is InChI=1S/C13H28N2O/c1-11(2,3)9-12(4,5)15-10(16)13(6,7)14-8/h14H,9H2,1-8H3,(H,15,16). The molecule has 0 bridgehead atoms. The highest BCUT2D eigenvalue weighted by atomic mass is 16.2. The lowest BCUT2D eigenvalue weighted by atomic mass is 9.81. The molecule has 0 saturated carbocycles. The number of hydrogen-bond donors (Lipinski definition) is 2. The summed E-state index contributed by atoms with van der Waals surface area (Å²) in [7, 11) is 1.80. The summed E-state index contributed by atoms with van der Waals surface area (Å²) in [5, 5.41) is 6.12. The Balaban J connectivity index is 4.55. The van der Waals surface area contributed by atoms with E-state index < -0.39 is 5.54 Å². The SMILES string of the molecule is CNC(C)(C)C(=O)NC(C)(C)CC(C)(C)C. The first kappa shape index (κ1) is 15.4. The molecule has 0 aliphatic carbocycles. The zero-order chi connectivity index (χ0) is 13.2. The van der Waals surface area contributed by atoms with Crippen LogP contribution in [0.1, 0.15) is 54.9 Å². The van der Waals surface area contributed by atoms with Crippen LogP contribution >= 0.6 is 0 Å². The molecule has 0 saturated heterocycles. The molecule has 0 aliphatic heterocycles. The Hall–Kier alpha value is -0.570. The Morgan fingerprint density at radius 3 is 1.75 bits per heavy atom. The summed E-state index contributed by atoms with van der Waals surface area (Å²) in [5.41, 5.74) is -0.487. The minimum absolute atomic E-state index is 0.0456. The molecule has 0 heterocycles. The molecule has 1 amide bonds. The minimum Gasteiger partial charge on any atom is -0.350 e. The molecular formula is C13H28N2O. The molecule has 0 atom stereocenters.